The first kappa shape index (κ1) is 21.0. The highest BCUT2D eigenvalue weighted by atomic mass is 19.1. The Bertz CT molecular complexity index is 622. The van der Waals surface area contributed by atoms with Crippen LogP contribution in [0.1, 0.15) is 11.6 Å². The summed E-state index contributed by atoms with van der Waals surface area (Å²) in [6.07, 6.45) is 0.157. The molecule has 2 unspecified atom stereocenters. The number of likely N-dealkylation sites (N-methyl/N-ethyl adjacent to an activating group) is 1. The molecule has 1 aromatic carbocycles. The number of morpholine rings is 2. The van der Waals surface area contributed by atoms with Gasteiger partial charge in [-0.3, -0.25) is 9.89 Å². The van der Waals surface area contributed by atoms with Crippen molar-refractivity contribution >= 4 is 5.96 Å². The van der Waals surface area contributed by atoms with Crippen LogP contribution < -0.4 is 10.6 Å². The molecule has 0 aromatic heterocycles. The third-order valence-corrected chi connectivity index (χ3v) is 5.27. The third kappa shape index (κ3) is 6.13. The summed E-state index contributed by atoms with van der Waals surface area (Å²) in [4.78, 5) is 8.98. The molecule has 3 rings (SSSR count). The van der Waals surface area contributed by atoms with E-state index in [-0.39, 0.29) is 18.0 Å². The van der Waals surface area contributed by atoms with Crippen LogP contribution in [0.15, 0.2) is 29.3 Å². The molecule has 2 aliphatic heterocycles. The number of ether oxygens (including phenoxy) is 2. The molecule has 7 nitrogen and oxygen atoms in total. The van der Waals surface area contributed by atoms with Gasteiger partial charge in [-0.1, -0.05) is 12.1 Å². The minimum atomic E-state index is -0.215. The second-order valence-corrected chi connectivity index (χ2v) is 7.30. The molecular weight excluding hydrogens is 361 g/mol. The second-order valence-electron chi connectivity index (χ2n) is 7.30. The highest BCUT2D eigenvalue weighted by Crippen LogP contribution is 2.21. The van der Waals surface area contributed by atoms with Crippen molar-refractivity contribution < 1.29 is 13.9 Å². The molecule has 2 heterocycles. The molecule has 28 heavy (non-hydrogen) atoms. The number of hydrogen-bond donors (Lipinski definition) is 2. The van der Waals surface area contributed by atoms with Crippen molar-refractivity contribution in [3.8, 4) is 0 Å². The van der Waals surface area contributed by atoms with Crippen molar-refractivity contribution in [2.75, 3.05) is 73.2 Å². The Labute approximate surface area is 166 Å². The predicted molar refractivity (Wildman–Crippen MR) is 108 cm³/mol. The zero-order valence-electron chi connectivity index (χ0n) is 16.9. The first-order valence-corrected chi connectivity index (χ1v) is 9.97. The molecular formula is C20H32FN5O2. The summed E-state index contributed by atoms with van der Waals surface area (Å²) in [5, 5.41) is 6.79. The zero-order valence-corrected chi connectivity index (χ0v) is 16.9. The highest BCUT2D eigenvalue weighted by molar-refractivity contribution is 5.79. The van der Waals surface area contributed by atoms with Crippen LogP contribution in [0.25, 0.3) is 0 Å². The number of aliphatic imine (C=N–C) groups is 1. The van der Waals surface area contributed by atoms with Gasteiger partial charge in [0.05, 0.1) is 32.0 Å². The summed E-state index contributed by atoms with van der Waals surface area (Å²) in [5.74, 6) is 0.532. The molecule has 0 spiro atoms. The molecule has 0 amide bonds. The summed E-state index contributed by atoms with van der Waals surface area (Å²) in [5.41, 5.74) is 1.09. The van der Waals surface area contributed by atoms with Gasteiger partial charge >= 0.3 is 0 Å². The van der Waals surface area contributed by atoms with E-state index in [9.17, 15) is 4.39 Å². The Kier molecular flexibility index (Phi) is 8.02. The Morgan fingerprint density at radius 3 is 2.61 bits per heavy atom. The maximum Gasteiger partial charge on any atom is 0.191 e. The van der Waals surface area contributed by atoms with Crippen LogP contribution in [0, 0.1) is 5.82 Å². The standard InChI is InChI=1S/C20H32FN5O2/c1-22-20(23-13-18-15-25(2)7-12-28-18)24-14-19(26-8-10-27-11-9-26)16-3-5-17(21)6-4-16/h3-6,18-19H,7-15H2,1-2H3,(H2,22,23,24). The third-order valence-electron chi connectivity index (χ3n) is 5.27. The van der Waals surface area contributed by atoms with Crippen LogP contribution in [0.5, 0.6) is 0 Å². The van der Waals surface area contributed by atoms with Crippen molar-refractivity contribution in [1.82, 2.24) is 20.4 Å². The van der Waals surface area contributed by atoms with Crippen molar-refractivity contribution in [2.24, 2.45) is 4.99 Å². The predicted octanol–water partition coefficient (Wildman–Crippen LogP) is 0.695. The molecule has 2 N–H and O–H groups in total. The van der Waals surface area contributed by atoms with Gasteiger partial charge < -0.3 is 25.0 Å². The lowest BCUT2D eigenvalue weighted by molar-refractivity contribution is -0.0161. The number of nitrogens with one attached hydrogen (secondary N) is 2. The maximum atomic E-state index is 13.4. The van der Waals surface area contributed by atoms with E-state index in [4.69, 9.17) is 9.47 Å². The molecule has 0 saturated carbocycles. The van der Waals surface area contributed by atoms with Crippen molar-refractivity contribution in [2.45, 2.75) is 12.1 Å². The average molecular weight is 394 g/mol. The van der Waals surface area contributed by atoms with E-state index in [0.29, 0.717) is 13.1 Å². The van der Waals surface area contributed by atoms with Crippen molar-refractivity contribution in [3.63, 3.8) is 0 Å². The Balaban J connectivity index is 1.57. The molecule has 156 valence electrons. The number of rotatable bonds is 6. The van der Waals surface area contributed by atoms with Gasteiger partial charge in [0.15, 0.2) is 5.96 Å². The Morgan fingerprint density at radius 1 is 1.18 bits per heavy atom. The molecule has 2 atom stereocenters. The van der Waals surface area contributed by atoms with Crippen LogP contribution in [-0.4, -0.2) is 95.0 Å². The average Bonchev–Trinajstić information content (AvgIpc) is 2.72. The SMILES string of the molecule is CN=C(NCC1CN(C)CCO1)NCC(c1ccc(F)cc1)N1CCOCC1. The largest absolute Gasteiger partial charge is 0.379 e. The van der Waals surface area contributed by atoms with Gasteiger partial charge in [-0.15, -0.1) is 0 Å². The monoisotopic (exact) mass is 393 g/mol. The van der Waals surface area contributed by atoms with E-state index in [0.717, 1.165) is 57.5 Å². The van der Waals surface area contributed by atoms with Crippen LogP contribution in [0.2, 0.25) is 0 Å². The molecule has 8 heteroatoms. The fraction of sp³-hybridized carbons (Fsp3) is 0.650. The van der Waals surface area contributed by atoms with Crippen molar-refractivity contribution in [3.05, 3.63) is 35.6 Å². The summed E-state index contributed by atoms with van der Waals surface area (Å²) in [7, 11) is 3.88. The highest BCUT2D eigenvalue weighted by Gasteiger charge is 2.23. The lowest BCUT2D eigenvalue weighted by Crippen LogP contribution is -2.50. The molecule has 0 radical (unpaired) electrons. The number of hydrogen-bond acceptors (Lipinski definition) is 5. The van der Waals surface area contributed by atoms with Gasteiger partial charge in [0.2, 0.25) is 0 Å². The molecule has 1 aromatic rings. The van der Waals surface area contributed by atoms with E-state index in [1.807, 2.05) is 12.1 Å². The topological polar surface area (TPSA) is 61.4 Å². The van der Waals surface area contributed by atoms with Crippen molar-refractivity contribution in [1.29, 1.82) is 0 Å². The van der Waals surface area contributed by atoms with Crippen LogP contribution in [0.4, 0.5) is 4.39 Å². The quantitative estimate of drug-likeness (QED) is 0.548. The van der Waals surface area contributed by atoms with E-state index >= 15 is 0 Å². The lowest BCUT2D eigenvalue weighted by atomic mass is 10.0. The second kappa shape index (κ2) is 10.7. The minimum absolute atomic E-state index is 0.125. The Morgan fingerprint density at radius 2 is 1.93 bits per heavy atom. The maximum absolute atomic E-state index is 13.4. The summed E-state index contributed by atoms with van der Waals surface area (Å²) < 4.78 is 24.7. The van der Waals surface area contributed by atoms with Crippen LogP contribution in [-0.2, 0) is 9.47 Å². The van der Waals surface area contributed by atoms with Gasteiger partial charge in [0.1, 0.15) is 5.82 Å². The fourth-order valence-corrected chi connectivity index (χ4v) is 3.65. The summed E-state index contributed by atoms with van der Waals surface area (Å²) >= 11 is 0. The summed E-state index contributed by atoms with van der Waals surface area (Å²) in [6.45, 7) is 7.20. The number of benzene rings is 1. The lowest BCUT2D eigenvalue weighted by Gasteiger charge is -2.35. The van der Waals surface area contributed by atoms with Gasteiger partial charge in [-0.25, -0.2) is 4.39 Å². The summed E-state index contributed by atoms with van der Waals surface area (Å²) in [6, 6.07) is 6.89. The van der Waals surface area contributed by atoms with Gasteiger partial charge in [0.25, 0.3) is 0 Å². The Hall–Kier alpha value is -1.74. The van der Waals surface area contributed by atoms with E-state index in [1.165, 1.54) is 12.1 Å². The van der Waals surface area contributed by atoms with E-state index in [2.05, 4.69) is 32.5 Å². The van der Waals surface area contributed by atoms with Crippen LogP contribution >= 0.6 is 0 Å². The number of nitrogens with zero attached hydrogens (tertiary/aromatic N) is 3. The minimum Gasteiger partial charge on any atom is -0.379 e. The van der Waals surface area contributed by atoms with Gasteiger partial charge in [-0.05, 0) is 24.7 Å². The fourth-order valence-electron chi connectivity index (χ4n) is 3.65. The van der Waals surface area contributed by atoms with Crippen LogP contribution in [0.3, 0.4) is 0 Å². The molecule has 2 fully saturated rings. The molecule has 2 aliphatic rings. The first-order valence-electron chi connectivity index (χ1n) is 9.97. The molecule has 0 aliphatic carbocycles. The first-order chi connectivity index (χ1) is 13.7. The van der Waals surface area contributed by atoms with E-state index < -0.39 is 0 Å². The van der Waals surface area contributed by atoms with Gasteiger partial charge in [0, 0.05) is 46.3 Å². The van der Waals surface area contributed by atoms with Gasteiger partial charge in [-0.2, -0.15) is 0 Å². The normalized spacial score (nSPS) is 23.4. The molecule has 0 bridgehead atoms. The number of halogens is 1. The number of guanidine groups is 1. The smallest absolute Gasteiger partial charge is 0.191 e. The zero-order chi connectivity index (χ0) is 19.8. The van der Waals surface area contributed by atoms with E-state index in [1.54, 1.807) is 7.05 Å². The molecule has 2 saturated heterocycles.